The van der Waals surface area contributed by atoms with Gasteiger partial charge in [-0.2, -0.15) is 0 Å². The Morgan fingerprint density at radius 3 is 2.20 bits per heavy atom. The van der Waals surface area contributed by atoms with E-state index in [0.717, 1.165) is 44.1 Å². The van der Waals surface area contributed by atoms with Crippen molar-refractivity contribution in [3.63, 3.8) is 0 Å². The quantitative estimate of drug-likeness (QED) is 0.217. The Hall–Kier alpha value is -4.92. The molecule has 2 aliphatic heterocycles. The third-order valence-electron chi connectivity index (χ3n) is 8.58. The van der Waals surface area contributed by atoms with E-state index in [-0.39, 0.29) is 29.7 Å². The number of allylic oxidation sites excluding steroid dienone is 5. The molecule has 1 unspecified atom stereocenters. The number of hydrogen-bond acceptors (Lipinski definition) is 4. The van der Waals surface area contributed by atoms with E-state index in [1.807, 2.05) is 59.8 Å². The van der Waals surface area contributed by atoms with Crippen molar-refractivity contribution in [2.45, 2.75) is 80.6 Å². The Balaban J connectivity index is 0.00000282. The number of fused-ring (bicyclic) bond motifs is 5. The highest BCUT2D eigenvalue weighted by atomic mass is 16.4. The van der Waals surface area contributed by atoms with Gasteiger partial charge in [0.25, 0.3) is 0 Å². The lowest BCUT2D eigenvalue weighted by Gasteiger charge is -2.15. The van der Waals surface area contributed by atoms with Crippen LogP contribution in [0.3, 0.4) is 0 Å². The van der Waals surface area contributed by atoms with Crippen molar-refractivity contribution in [1.82, 2.24) is 9.97 Å². The van der Waals surface area contributed by atoms with E-state index < -0.39 is 30.2 Å². The second kappa shape index (κ2) is 14.9. The zero-order valence-electron chi connectivity index (χ0n) is 27.9. The first-order valence-corrected chi connectivity index (χ1v) is 15.6. The van der Waals surface area contributed by atoms with Crippen molar-refractivity contribution in [3.05, 3.63) is 85.5 Å². The third-order valence-corrected chi connectivity index (χ3v) is 8.58. The fraction of sp³-hybridized carbons (Fsp3) is 0.351. The number of H-pyrrole nitrogens is 2. The van der Waals surface area contributed by atoms with Crippen LogP contribution in [0.2, 0.25) is 0 Å². The minimum Gasteiger partial charge on any atom is -0.481 e. The summed E-state index contributed by atoms with van der Waals surface area (Å²) in [7, 11) is 0. The number of carbonyl (C=O) groups is 3. The Labute approximate surface area is 269 Å². The van der Waals surface area contributed by atoms with Crippen LogP contribution in [0.15, 0.2) is 46.1 Å². The van der Waals surface area contributed by atoms with Gasteiger partial charge in [-0.25, -0.2) is 4.79 Å². The molecule has 1 atom stereocenters. The molecule has 2 aromatic heterocycles. The minimum atomic E-state index is -1.20. The maximum Gasteiger partial charge on any atom is 0.338 e. The molecule has 0 aromatic carbocycles. The lowest BCUT2D eigenvalue weighted by Crippen LogP contribution is -2.14. The summed E-state index contributed by atoms with van der Waals surface area (Å²) in [6.45, 7) is 22.0. The summed E-state index contributed by atoms with van der Waals surface area (Å²) in [5.41, 5.74) is 8.01. The molecule has 0 fully saturated rings. The van der Waals surface area contributed by atoms with Gasteiger partial charge < -0.3 is 25.3 Å². The van der Waals surface area contributed by atoms with Gasteiger partial charge in [0.2, 0.25) is 0 Å². The molecule has 2 aliphatic rings. The highest BCUT2D eigenvalue weighted by Gasteiger charge is 2.32. The Morgan fingerprint density at radius 1 is 0.957 bits per heavy atom. The summed E-state index contributed by atoms with van der Waals surface area (Å²) >= 11 is 0. The smallest absolute Gasteiger partial charge is 0.338 e. The second-order valence-electron chi connectivity index (χ2n) is 11.4. The van der Waals surface area contributed by atoms with Crippen molar-refractivity contribution in [3.8, 4) is 0 Å². The molecule has 2 aromatic rings. The van der Waals surface area contributed by atoms with Crippen LogP contribution in [0.1, 0.15) is 105 Å². The fourth-order valence-electron chi connectivity index (χ4n) is 6.25. The van der Waals surface area contributed by atoms with E-state index in [4.69, 9.17) is 4.99 Å². The largest absolute Gasteiger partial charge is 0.481 e. The van der Waals surface area contributed by atoms with Gasteiger partial charge in [-0.05, 0) is 98.6 Å². The van der Waals surface area contributed by atoms with Crippen molar-refractivity contribution >= 4 is 53.5 Å². The van der Waals surface area contributed by atoms with Gasteiger partial charge in [-0.3, -0.25) is 14.6 Å². The minimum absolute atomic E-state index is 0.0319. The number of hydrogen-bond donors (Lipinski definition) is 5. The number of aliphatic carboxylic acids is 2. The molecule has 46 heavy (non-hydrogen) atoms. The number of aromatic amines is 2. The molecule has 9 nitrogen and oxygen atoms in total. The van der Waals surface area contributed by atoms with E-state index in [2.05, 4.69) is 23.1 Å². The maximum absolute atomic E-state index is 12.6. The Kier molecular flexibility index (Phi) is 11.5. The summed E-state index contributed by atoms with van der Waals surface area (Å²) in [4.78, 5) is 48.0. The molecule has 0 radical (unpaired) electrons. The van der Waals surface area contributed by atoms with Crippen LogP contribution in [0.25, 0.3) is 29.9 Å². The summed E-state index contributed by atoms with van der Waals surface area (Å²) in [6, 6.07) is 0. The topological polar surface area (TPSA) is 156 Å². The number of carboxylic acids is 3. The molecule has 0 saturated heterocycles. The van der Waals surface area contributed by atoms with Gasteiger partial charge in [0.15, 0.2) is 0 Å². The highest BCUT2D eigenvalue weighted by Crippen LogP contribution is 2.39. The van der Waals surface area contributed by atoms with Crippen LogP contribution in [0, 0.1) is 19.8 Å². The van der Waals surface area contributed by atoms with E-state index in [9.17, 15) is 29.7 Å². The molecule has 0 spiro atoms. The zero-order valence-corrected chi connectivity index (χ0v) is 27.9. The predicted octanol–water partition coefficient (Wildman–Crippen LogP) is 6.80. The van der Waals surface area contributed by atoms with Gasteiger partial charge in [0.1, 0.15) is 0 Å². The number of aromatic carboxylic acids is 1. The molecule has 4 heterocycles. The Morgan fingerprint density at radius 2 is 1.63 bits per heavy atom. The molecular formula is C37H45N3O6. The van der Waals surface area contributed by atoms with Crippen LogP contribution < -0.4 is 10.7 Å². The maximum atomic E-state index is 12.6. The SMILES string of the molecule is C=Cc1c(C)/c2[nH]/c1=C\C(=C)/C(C)=C(CC)\C(C)=C\c1[nH]c(c(C(=O)O)c1C)/C(CC(=O)O)=C1N=C(\C=2)CC\1CCC(=O)O.CC. The fourth-order valence-corrected chi connectivity index (χ4v) is 6.25. The van der Waals surface area contributed by atoms with Crippen LogP contribution >= 0.6 is 0 Å². The molecule has 4 rings (SSSR count). The van der Waals surface area contributed by atoms with Crippen LogP contribution in [-0.4, -0.2) is 48.9 Å². The van der Waals surface area contributed by atoms with Crippen LogP contribution in [0.4, 0.5) is 0 Å². The van der Waals surface area contributed by atoms with E-state index in [0.29, 0.717) is 35.5 Å². The average Bonchev–Trinajstić information content (AvgIpc) is 3.64. The number of aromatic nitrogens is 2. The Bertz CT molecular complexity index is 1860. The standard InChI is InChI=1S/C35H39N3O6.C2H6/c1-8-24-18(4)13-27-21(7)32(35(43)44)34(38-27)26(16-31(41)42)33-22(10-11-30(39)40)14-23(36-33)15-28-20(6)25(9-2)29(37-28)12-17(3)19(24)5;1-2/h9,12-13,15,22,37-38H,2-3,8,10-11,14,16H2,1,4-7H3,(H,39,40)(H,41,42)(H,43,44);1-2H3/b18-13+,24-19-,28-15-,29-12-,33-26-;. The summed E-state index contributed by atoms with van der Waals surface area (Å²) in [5, 5.41) is 31.4. The molecule has 0 amide bonds. The summed E-state index contributed by atoms with van der Waals surface area (Å²) in [5.74, 6) is -3.75. The van der Waals surface area contributed by atoms with Crippen molar-refractivity contribution < 1.29 is 29.7 Å². The van der Waals surface area contributed by atoms with E-state index >= 15 is 0 Å². The van der Waals surface area contributed by atoms with Gasteiger partial charge in [-0.1, -0.05) is 40.0 Å². The lowest BCUT2D eigenvalue weighted by atomic mass is 9.90. The zero-order chi connectivity index (χ0) is 34.5. The molecule has 5 N–H and O–H groups in total. The number of aliphatic imine (C=N–C) groups is 1. The van der Waals surface area contributed by atoms with Crippen LogP contribution in [0.5, 0.6) is 0 Å². The first-order valence-electron chi connectivity index (χ1n) is 15.6. The average molecular weight is 628 g/mol. The number of rotatable bonds is 8. The van der Waals surface area contributed by atoms with E-state index in [1.54, 1.807) is 13.0 Å². The lowest BCUT2D eigenvalue weighted by molar-refractivity contribution is -0.137. The van der Waals surface area contributed by atoms with Gasteiger partial charge in [-0.15, -0.1) is 0 Å². The molecule has 9 heteroatoms. The van der Waals surface area contributed by atoms with E-state index in [1.165, 1.54) is 0 Å². The van der Waals surface area contributed by atoms with Gasteiger partial charge in [0.05, 0.1) is 23.4 Å². The van der Waals surface area contributed by atoms with Crippen molar-refractivity contribution in [1.29, 1.82) is 0 Å². The van der Waals surface area contributed by atoms with Gasteiger partial charge >= 0.3 is 17.9 Å². The van der Waals surface area contributed by atoms with Crippen molar-refractivity contribution in [2.24, 2.45) is 10.9 Å². The summed E-state index contributed by atoms with van der Waals surface area (Å²) in [6.07, 6.45) is 8.19. The second-order valence-corrected chi connectivity index (χ2v) is 11.4. The molecule has 0 saturated carbocycles. The van der Waals surface area contributed by atoms with Crippen LogP contribution in [-0.2, 0) is 9.59 Å². The number of nitrogens with zero attached hydrogens (tertiary/aromatic N) is 1. The molecular weight excluding hydrogens is 582 g/mol. The number of nitrogens with one attached hydrogen (secondary N) is 2. The van der Waals surface area contributed by atoms with Gasteiger partial charge in [0, 0.05) is 45.6 Å². The molecule has 244 valence electrons. The highest BCUT2D eigenvalue weighted by molar-refractivity contribution is 6.13. The predicted molar refractivity (Wildman–Crippen MR) is 185 cm³/mol. The first-order chi connectivity index (χ1) is 21.8. The number of carboxylic acid groups (broad SMARTS) is 3. The normalized spacial score (nSPS) is 22.2. The first kappa shape index (κ1) is 35.6. The molecule has 6 bridgehead atoms. The molecule has 0 aliphatic carbocycles. The monoisotopic (exact) mass is 627 g/mol. The van der Waals surface area contributed by atoms with Crippen molar-refractivity contribution in [2.75, 3.05) is 0 Å². The third kappa shape index (κ3) is 7.30. The summed E-state index contributed by atoms with van der Waals surface area (Å²) < 4.78 is 0.